The predicted octanol–water partition coefficient (Wildman–Crippen LogP) is 3.82. The number of carbonyl (C=O) groups is 1. The lowest BCUT2D eigenvalue weighted by atomic mass is 9.87. The zero-order valence-corrected chi connectivity index (χ0v) is 14.7. The molecule has 4 nitrogen and oxygen atoms in total. The molecule has 1 N–H and O–H groups in total. The Bertz CT molecular complexity index is 713. The SMILES string of the molecule is Cc1cccc(OCC(=O)NN=Cc2ccc(C(C)(C)C)cc2)c1. The number of carbonyl (C=O) groups excluding carboxylic acids is 1. The molecule has 0 aromatic heterocycles. The Labute approximate surface area is 143 Å². The molecule has 1 amide bonds. The number of benzene rings is 2. The number of hydrogen-bond donors (Lipinski definition) is 1. The third kappa shape index (κ3) is 5.54. The molecule has 0 aliphatic carbocycles. The molecule has 126 valence electrons. The molecule has 0 aliphatic rings. The molecular formula is C20H24N2O2. The van der Waals surface area contributed by atoms with Gasteiger partial charge in [0.2, 0.25) is 0 Å². The topological polar surface area (TPSA) is 50.7 Å². The van der Waals surface area contributed by atoms with Gasteiger partial charge in [-0.3, -0.25) is 4.79 Å². The van der Waals surface area contributed by atoms with E-state index in [-0.39, 0.29) is 17.9 Å². The monoisotopic (exact) mass is 324 g/mol. The van der Waals surface area contributed by atoms with Crippen molar-refractivity contribution < 1.29 is 9.53 Å². The Kier molecular flexibility index (Phi) is 5.74. The van der Waals surface area contributed by atoms with Gasteiger partial charge >= 0.3 is 0 Å². The third-order valence-corrected chi connectivity index (χ3v) is 3.54. The van der Waals surface area contributed by atoms with Gasteiger partial charge in [0.05, 0.1) is 6.21 Å². The molecule has 0 fully saturated rings. The lowest BCUT2D eigenvalue weighted by Gasteiger charge is -2.18. The van der Waals surface area contributed by atoms with Crippen LogP contribution >= 0.6 is 0 Å². The zero-order valence-electron chi connectivity index (χ0n) is 14.7. The van der Waals surface area contributed by atoms with E-state index in [4.69, 9.17) is 4.74 Å². The zero-order chi connectivity index (χ0) is 17.6. The van der Waals surface area contributed by atoms with Gasteiger partial charge in [0.1, 0.15) is 5.75 Å². The van der Waals surface area contributed by atoms with Crippen LogP contribution in [0, 0.1) is 6.92 Å². The largest absolute Gasteiger partial charge is 0.484 e. The summed E-state index contributed by atoms with van der Waals surface area (Å²) >= 11 is 0. The minimum absolute atomic E-state index is 0.0657. The summed E-state index contributed by atoms with van der Waals surface area (Å²) in [6, 6.07) is 15.7. The van der Waals surface area contributed by atoms with Crippen molar-refractivity contribution in [3.8, 4) is 5.75 Å². The van der Waals surface area contributed by atoms with Crippen molar-refractivity contribution in [2.24, 2.45) is 5.10 Å². The Morgan fingerprint density at radius 3 is 2.50 bits per heavy atom. The van der Waals surface area contributed by atoms with E-state index in [2.05, 4.69) is 43.4 Å². The maximum atomic E-state index is 11.7. The highest BCUT2D eigenvalue weighted by atomic mass is 16.5. The van der Waals surface area contributed by atoms with Crippen molar-refractivity contribution >= 4 is 12.1 Å². The lowest BCUT2D eigenvalue weighted by Crippen LogP contribution is -2.24. The van der Waals surface area contributed by atoms with Crippen LogP contribution in [0.15, 0.2) is 53.6 Å². The Morgan fingerprint density at radius 1 is 1.17 bits per heavy atom. The highest BCUT2D eigenvalue weighted by molar-refractivity contribution is 5.82. The maximum Gasteiger partial charge on any atom is 0.277 e. The third-order valence-electron chi connectivity index (χ3n) is 3.54. The summed E-state index contributed by atoms with van der Waals surface area (Å²) in [5.41, 5.74) is 5.87. The smallest absolute Gasteiger partial charge is 0.277 e. The number of rotatable bonds is 5. The van der Waals surface area contributed by atoms with Gasteiger partial charge in [-0.15, -0.1) is 0 Å². The number of hydrazone groups is 1. The van der Waals surface area contributed by atoms with Gasteiger partial charge in [0.15, 0.2) is 6.61 Å². The molecule has 0 heterocycles. The van der Waals surface area contributed by atoms with Crippen LogP contribution in [-0.2, 0) is 10.2 Å². The van der Waals surface area contributed by atoms with Crippen molar-refractivity contribution in [2.45, 2.75) is 33.1 Å². The fraction of sp³-hybridized carbons (Fsp3) is 0.300. The molecule has 0 bridgehead atoms. The first-order valence-electron chi connectivity index (χ1n) is 7.96. The summed E-state index contributed by atoms with van der Waals surface area (Å²) in [6.07, 6.45) is 1.62. The summed E-state index contributed by atoms with van der Waals surface area (Å²) in [4.78, 5) is 11.7. The van der Waals surface area contributed by atoms with Crippen LogP contribution in [0.3, 0.4) is 0 Å². The quantitative estimate of drug-likeness (QED) is 0.671. The van der Waals surface area contributed by atoms with E-state index in [1.165, 1.54) is 5.56 Å². The van der Waals surface area contributed by atoms with Gasteiger partial charge in [-0.25, -0.2) is 5.43 Å². The standard InChI is InChI=1S/C20H24N2O2/c1-15-6-5-7-18(12-15)24-14-19(23)22-21-13-16-8-10-17(11-9-16)20(2,3)4/h5-13H,14H2,1-4H3,(H,22,23). The number of ether oxygens (including phenoxy) is 1. The number of nitrogens with one attached hydrogen (secondary N) is 1. The normalized spacial score (nSPS) is 11.5. The van der Waals surface area contributed by atoms with E-state index < -0.39 is 0 Å². The molecule has 0 spiro atoms. The minimum atomic E-state index is -0.293. The van der Waals surface area contributed by atoms with Gasteiger partial charge in [-0.2, -0.15) is 5.10 Å². The molecule has 0 atom stereocenters. The average Bonchev–Trinajstić information content (AvgIpc) is 2.53. The highest BCUT2D eigenvalue weighted by Gasteiger charge is 2.12. The first-order valence-corrected chi connectivity index (χ1v) is 7.96. The fourth-order valence-electron chi connectivity index (χ4n) is 2.13. The van der Waals surface area contributed by atoms with Crippen LogP contribution in [0.4, 0.5) is 0 Å². The van der Waals surface area contributed by atoms with Crippen LogP contribution in [0.5, 0.6) is 5.75 Å². The van der Waals surface area contributed by atoms with Crippen molar-refractivity contribution in [1.82, 2.24) is 5.43 Å². The molecule has 0 radical (unpaired) electrons. The highest BCUT2D eigenvalue weighted by Crippen LogP contribution is 2.21. The summed E-state index contributed by atoms with van der Waals surface area (Å²) in [7, 11) is 0. The lowest BCUT2D eigenvalue weighted by molar-refractivity contribution is -0.123. The minimum Gasteiger partial charge on any atom is -0.484 e. The molecular weight excluding hydrogens is 300 g/mol. The Balaban J connectivity index is 1.81. The number of amides is 1. The molecule has 2 rings (SSSR count). The van der Waals surface area contributed by atoms with E-state index in [0.717, 1.165) is 11.1 Å². The molecule has 4 heteroatoms. The molecule has 0 saturated carbocycles. The van der Waals surface area contributed by atoms with E-state index >= 15 is 0 Å². The predicted molar refractivity (Wildman–Crippen MR) is 97.6 cm³/mol. The van der Waals surface area contributed by atoms with E-state index in [1.807, 2.05) is 43.3 Å². The van der Waals surface area contributed by atoms with Gasteiger partial charge < -0.3 is 4.74 Å². The average molecular weight is 324 g/mol. The summed E-state index contributed by atoms with van der Waals surface area (Å²) < 4.78 is 5.42. The van der Waals surface area contributed by atoms with Crippen LogP contribution < -0.4 is 10.2 Å². The van der Waals surface area contributed by atoms with E-state index in [1.54, 1.807) is 6.21 Å². The van der Waals surface area contributed by atoms with Gasteiger partial charge in [0, 0.05) is 0 Å². The Hall–Kier alpha value is -2.62. The van der Waals surface area contributed by atoms with Gasteiger partial charge in [-0.1, -0.05) is 57.2 Å². The molecule has 2 aromatic carbocycles. The fourth-order valence-corrected chi connectivity index (χ4v) is 2.13. The number of nitrogens with zero attached hydrogens (tertiary/aromatic N) is 1. The second-order valence-corrected chi connectivity index (χ2v) is 6.77. The molecule has 2 aromatic rings. The summed E-state index contributed by atoms with van der Waals surface area (Å²) in [5, 5.41) is 3.96. The van der Waals surface area contributed by atoms with E-state index in [9.17, 15) is 4.79 Å². The van der Waals surface area contributed by atoms with Crippen LogP contribution in [0.25, 0.3) is 0 Å². The van der Waals surface area contributed by atoms with Crippen LogP contribution in [-0.4, -0.2) is 18.7 Å². The first-order chi connectivity index (χ1) is 11.3. The molecule has 0 saturated heterocycles. The maximum absolute atomic E-state index is 11.7. The van der Waals surface area contributed by atoms with Crippen LogP contribution in [0.1, 0.15) is 37.5 Å². The second-order valence-electron chi connectivity index (χ2n) is 6.77. The van der Waals surface area contributed by atoms with Gasteiger partial charge in [0.25, 0.3) is 5.91 Å². The second kappa shape index (κ2) is 7.77. The summed E-state index contributed by atoms with van der Waals surface area (Å²) in [6.45, 7) is 8.42. The summed E-state index contributed by atoms with van der Waals surface area (Å²) in [5.74, 6) is 0.381. The van der Waals surface area contributed by atoms with Crippen molar-refractivity contribution in [3.63, 3.8) is 0 Å². The van der Waals surface area contributed by atoms with E-state index in [0.29, 0.717) is 5.75 Å². The number of hydrogen-bond acceptors (Lipinski definition) is 3. The van der Waals surface area contributed by atoms with Crippen LogP contribution in [0.2, 0.25) is 0 Å². The molecule has 0 unspecified atom stereocenters. The molecule has 0 aliphatic heterocycles. The Morgan fingerprint density at radius 2 is 1.88 bits per heavy atom. The van der Waals surface area contributed by atoms with Crippen molar-refractivity contribution in [1.29, 1.82) is 0 Å². The molecule has 24 heavy (non-hydrogen) atoms. The first kappa shape index (κ1) is 17.7. The van der Waals surface area contributed by atoms with Crippen molar-refractivity contribution in [2.75, 3.05) is 6.61 Å². The van der Waals surface area contributed by atoms with Crippen molar-refractivity contribution in [3.05, 3.63) is 65.2 Å². The van der Waals surface area contributed by atoms with Gasteiger partial charge in [-0.05, 0) is 41.2 Å². The number of aryl methyl sites for hydroxylation is 1.